The van der Waals surface area contributed by atoms with Gasteiger partial charge < -0.3 is 9.47 Å². The van der Waals surface area contributed by atoms with Crippen LogP contribution in [0.5, 0.6) is 11.5 Å². The first-order valence-corrected chi connectivity index (χ1v) is 8.32. The Balaban J connectivity index is 2.03. The van der Waals surface area contributed by atoms with Crippen molar-refractivity contribution in [3.8, 4) is 11.5 Å². The quantitative estimate of drug-likeness (QED) is 0.436. The van der Waals surface area contributed by atoms with Crippen LogP contribution in [0.4, 0.5) is 5.69 Å². The van der Waals surface area contributed by atoms with Crippen molar-refractivity contribution in [3.05, 3.63) is 63.7 Å². The molecule has 1 amide bonds. The van der Waals surface area contributed by atoms with Gasteiger partial charge in [0.15, 0.2) is 5.75 Å². The number of nitro benzene ring substituents is 1. The van der Waals surface area contributed by atoms with Crippen LogP contribution in [-0.4, -0.2) is 30.3 Å². The molecule has 0 fully saturated rings. The van der Waals surface area contributed by atoms with Gasteiger partial charge in [-0.25, -0.2) is 5.43 Å². The Hall–Kier alpha value is -3.42. The molecule has 0 aromatic heterocycles. The monoisotopic (exact) mass is 371 g/mol. The van der Waals surface area contributed by atoms with Crippen LogP contribution in [0.2, 0.25) is 0 Å². The summed E-state index contributed by atoms with van der Waals surface area (Å²) in [7, 11) is 1.37. The maximum atomic E-state index is 12.1. The Morgan fingerprint density at radius 1 is 1.22 bits per heavy atom. The molecule has 0 saturated carbocycles. The van der Waals surface area contributed by atoms with Gasteiger partial charge in [-0.15, -0.1) is 0 Å². The third kappa shape index (κ3) is 5.53. The first kappa shape index (κ1) is 19.9. The lowest BCUT2D eigenvalue weighted by molar-refractivity contribution is -0.385. The van der Waals surface area contributed by atoms with Crippen molar-refractivity contribution in [3.63, 3.8) is 0 Å². The summed E-state index contributed by atoms with van der Waals surface area (Å²) in [6.45, 7) is 4.14. The zero-order valence-electron chi connectivity index (χ0n) is 15.4. The van der Waals surface area contributed by atoms with Crippen LogP contribution in [0.25, 0.3) is 0 Å². The molecule has 2 aromatic rings. The van der Waals surface area contributed by atoms with Crippen LogP contribution >= 0.6 is 0 Å². The van der Waals surface area contributed by atoms with E-state index in [2.05, 4.69) is 10.5 Å². The fourth-order valence-corrected chi connectivity index (χ4v) is 2.36. The summed E-state index contributed by atoms with van der Waals surface area (Å²) < 4.78 is 10.3. The number of methoxy groups -OCH3 is 1. The maximum absolute atomic E-state index is 12.1. The Kier molecular flexibility index (Phi) is 6.87. The highest BCUT2D eigenvalue weighted by molar-refractivity contribution is 6.00. The molecule has 0 atom stereocenters. The van der Waals surface area contributed by atoms with Crippen LogP contribution in [0.3, 0.4) is 0 Å². The summed E-state index contributed by atoms with van der Waals surface area (Å²) in [4.78, 5) is 22.6. The van der Waals surface area contributed by atoms with E-state index in [0.717, 1.165) is 11.3 Å². The van der Waals surface area contributed by atoms with E-state index < -0.39 is 4.92 Å². The fraction of sp³-hybridized carbons (Fsp3) is 0.263. The highest BCUT2D eigenvalue weighted by Crippen LogP contribution is 2.27. The highest BCUT2D eigenvalue weighted by Gasteiger charge is 2.16. The van der Waals surface area contributed by atoms with Crippen molar-refractivity contribution in [1.82, 2.24) is 5.43 Å². The molecule has 0 aliphatic rings. The number of ether oxygens (including phenoxy) is 2. The molecule has 0 heterocycles. The second-order valence-corrected chi connectivity index (χ2v) is 5.63. The van der Waals surface area contributed by atoms with Gasteiger partial charge in [0.25, 0.3) is 0 Å². The Morgan fingerprint density at radius 2 is 1.93 bits per heavy atom. The Labute approximate surface area is 157 Å². The van der Waals surface area contributed by atoms with Crippen molar-refractivity contribution in [2.45, 2.75) is 20.3 Å². The van der Waals surface area contributed by atoms with Gasteiger partial charge in [0.05, 0.1) is 30.8 Å². The SMILES string of the molecule is CCOc1ccc(CC(=O)N/N=C(/C)c2ccc(OC)c([N+](=O)[O-])c2)cc1. The van der Waals surface area contributed by atoms with E-state index in [4.69, 9.17) is 9.47 Å². The molecular formula is C19H21N3O5. The number of hydrogen-bond acceptors (Lipinski definition) is 6. The normalized spacial score (nSPS) is 11.0. The molecule has 0 aliphatic heterocycles. The van der Waals surface area contributed by atoms with Crippen LogP contribution in [0.1, 0.15) is 25.0 Å². The molecule has 142 valence electrons. The van der Waals surface area contributed by atoms with E-state index in [9.17, 15) is 14.9 Å². The van der Waals surface area contributed by atoms with E-state index in [1.54, 1.807) is 25.1 Å². The van der Waals surface area contributed by atoms with Gasteiger partial charge in [-0.3, -0.25) is 14.9 Å². The number of nitrogens with one attached hydrogen (secondary N) is 1. The lowest BCUT2D eigenvalue weighted by Crippen LogP contribution is -2.21. The zero-order chi connectivity index (χ0) is 19.8. The molecule has 0 unspecified atom stereocenters. The first-order chi connectivity index (χ1) is 12.9. The van der Waals surface area contributed by atoms with Crippen molar-refractivity contribution in [2.75, 3.05) is 13.7 Å². The molecule has 8 heteroatoms. The summed E-state index contributed by atoms with van der Waals surface area (Å²) in [6.07, 6.45) is 0.159. The molecule has 0 bridgehead atoms. The average Bonchev–Trinajstić information content (AvgIpc) is 2.67. The van der Waals surface area contributed by atoms with Crippen molar-refractivity contribution in [2.24, 2.45) is 5.10 Å². The van der Waals surface area contributed by atoms with E-state index >= 15 is 0 Å². The molecule has 0 radical (unpaired) electrons. The Morgan fingerprint density at radius 3 is 2.52 bits per heavy atom. The predicted molar refractivity (Wildman–Crippen MR) is 101 cm³/mol. The summed E-state index contributed by atoms with van der Waals surface area (Å²) in [6, 6.07) is 11.7. The van der Waals surface area contributed by atoms with Crippen LogP contribution < -0.4 is 14.9 Å². The van der Waals surface area contributed by atoms with Gasteiger partial charge >= 0.3 is 5.69 Å². The number of benzene rings is 2. The van der Waals surface area contributed by atoms with E-state index in [0.29, 0.717) is 17.9 Å². The predicted octanol–water partition coefficient (Wildman–Crippen LogP) is 3.09. The number of carbonyl (C=O) groups is 1. The highest BCUT2D eigenvalue weighted by atomic mass is 16.6. The molecule has 1 N–H and O–H groups in total. The summed E-state index contributed by atoms with van der Waals surface area (Å²) in [5.74, 6) is 0.620. The van der Waals surface area contributed by atoms with Gasteiger partial charge in [0.1, 0.15) is 5.75 Å². The molecule has 27 heavy (non-hydrogen) atoms. The molecule has 0 spiro atoms. The summed E-state index contributed by atoms with van der Waals surface area (Å²) in [5, 5.41) is 15.1. The zero-order valence-corrected chi connectivity index (χ0v) is 15.4. The molecule has 2 aromatic carbocycles. The minimum absolute atomic E-state index is 0.159. The van der Waals surface area contributed by atoms with Crippen molar-refractivity contribution < 1.29 is 19.2 Å². The number of hydrazone groups is 1. The van der Waals surface area contributed by atoms with Gasteiger partial charge in [-0.2, -0.15) is 5.10 Å². The van der Waals surface area contributed by atoms with Gasteiger partial charge in [0, 0.05) is 11.6 Å². The maximum Gasteiger partial charge on any atom is 0.311 e. The minimum atomic E-state index is -0.528. The number of nitrogens with zero attached hydrogens (tertiary/aromatic N) is 2. The second kappa shape index (κ2) is 9.33. The van der Waals surface area contributed by atoms with E-state index in [-0.39, 0.29) is 23.8 Å². The summed E-state index contributed by atoms with van der Waals surface area (Å²) >= 11 is 0. The topological polar surface area (TPSA) is 103 Å². The van der Waals surface area contributed by atoms with Crippen molar-refractivity contribution in [1.29, 1.82) is 0 Å². The summed E-state index contributed by atoms with van der Waals surface area (Å²) in [5.41, 5.74) is 4.09. The van der Waals surface area contributed by atoms with E-state index in [1.807, 2.05) is 19.1 Å². The fourth-order valence-electron chi connectivity index (χ4n) is 2.36. The van der Waals surface area contributed by atoms with Crippen LogP contribution in [-0.2, 0) is 11.2 Å². The second-order valence-electron chi connectivity index (χ2n) is 5.63. The largest absolute Gasteiger partial charge is 0.494 e. The minimum Gasteiger partial charge on any atom is -0.494 e. The molecule has 8 nitrogen and oxygen atoms in total. The third-order valence-corrected chi connectivity index (χ3v) is 3.74. The number of carbonyl (C=O) groups excluding carboxylic acids is 1. The molecule has 0 aliphatic carbocycles. The number of nitro groups is 1. The average molecular weight is 371 g/mol. The third-order valence-electron chi connectivity index (χ3n) is 3.74. The lowest BCUT2D eigenvalue weighted by atomic mass is 10.1. The molecule has 0 saturated heterocycles. The van der Waals surface area contributed by atoms with Gasteiger partial charge in [-0.1, -0.05) is 12.1 Å². The smallest absolute Gasteiger partial charge is 0.311 e. The van der Waals surface area contributed by atoms with Gasteiger partial charge in [0.2, 0.25) is 5.91 Å². The number of hydrogen-bond donors (Lipinski definition) is 1. The first-order valence-electron chi connectivity index (χ1n) is 8.32. The number of rotatable bonds is 8. The lowest BCUT2D eigenvalue weighted by Gasteiger charge is -2.06. The molecule has 2 rings (SSSR count). The van der Waals surface area contributed by atoms with E-state index in [1.165, 1.54) is 19.2 Å². The van der Waals surface area contributed by atoms with Crippen LogP contribution in [0, 0.1) is 10.1 Å². The molecular weight excluding hydrogens is 350 g/mol. The Bertz CT molecular complexity index is 847. The number of amides is 1. The standard InChI is InChI=1S/C19H21N3O5/c1-4-27-16-8-5-14(6-9-16)11-19(23)21-20-13(2)15-7-10-18(26-3)17(12-15)22(24)25/h5-10,12H,4,11H2,1-3H3,(H,21,23)/b20-13-. The van der Waals surface area contributed by atoms with Gasteiger partial charge in [-0.05, 0) is 43.7 Å². The van der Waals surface area contributed by atoms with Crippen molar-refractivity contribution >= 4 is 17.3 Å². The van der Waals surface area contributed by atoms with Crippen LogP contribution in [0.15, 0.2) is 47.6 Å².